The number of carbonyl (C=O) groups is 1. The average molecular weight is 460 g/mol. The van der Waals surface area contributed by atoms with E-state index >= 15 is 0 Å². The number of rotatable bonds is 3. The van der Waals surface area contributed by atoms with Gasteiger partial charge in [-0.15, -0.1) is 0 Å². The molecular weight excluding hydrogens is 441 g/mol. The van der Waals surface area contributed by atoms with Crippen LogP contribution in [0.5, 0.6) is 0 Å². The first-order valence-corrected chi connectivity index (χ1v) is 9.07. The van der Waals surface area contributed by atoms with Crippen molar-refractivity contribution in [2.24, 2.45) is 0 Å². The van der Waals surface area contributed by atoms with Gasteiger partial charge in [0.25, 0.3) is 6.43 Å². The Bertz CT molecular complexity index is 830. The number of fused-ring (bicyclic) bond motifs is 1. The molecule has 0 radical (unpaired) electrons. The summed E-state index contributed by atoms with van der Waals surface area (Å²) in [4.78, 5) is 16.3. The van der Waals surface area contributed by atoms with Crippen molar-refractivity contribution < 1.29 is 18.3 Å². The number of pyridine rings is 1. The molecule has 1 amide bonds. The van der Waals surface area contributed by atoms with Gasteiger partial charge in [0, 0.05) is 8.96 Å². The van der Waals surface area contributed by atoms with Crippen LogP contribution in [0.2, 0.25) is 0 Å². The van der Waals surface area contributed by atoms with Crippen molar-refractivity contribution in [3.63, 3.8) is 0 Å². The normalized spacial score (nSPS) is 16.1. The summed E-state index contributed by atoms with van der Waals surface area (Å²) in [5.74, 6) is 0. The molecule has 4 nitrogen and oxygen atoms in total. The molecular formula is C18H19F2IN2O2. The molecule has 1 aromatic heterocycles. The van der Waals surface area contributed by atoms with Gasteiger partial charge in [-0.05, 0) is 80.0 Å². The van der Waals surface area contributed by atoms with E-state index in [-0.39, 0.29) is 5.69 Å². The summed E-state index contributed by atoms with van der Waals surface area (Å²) in [6.07, 6.45) is -1.54. The molecule has 0 saturated heterocycles. The van der Waals surface area contributed by atoms with Crippen LogP contribution in [0.15, 0.2) is 24.3 Å². The number of nitrogens with zero attached hydrogens (tertiary/aromatic N) is 1. The topological polar surface area (TPSA) is 51.2 Å². The maximum absolute atomic E-state index is 12.9. The monoisotopic (exact) mass is 460 g/mol. The molecule has 1 heterocycles. The van der Waals surface area contributed by atoms with Crippen molar-refractivity contribution in [1.82, 2.24) is 10.3 Å². The molecule has 0 spiro atoms. The Morgan fingerprint density at radius 1 is 1.32 bits per heavy atom. The lowest BCUT2D eigenvalue weighted by Gasteiger charge is -2.24. The fraction of sp³-hybridized carbons (Fsp3) is 0.444. The average Bonchev–Trinajstić information content (AvgIpc) is 3.24. The summed E-state index contributed by atoms with van der Waals surface area (Å²) in [5, 5.41) is 3.73. The lowest BCUT2D eigenvalue weighted by molar-refractivity contribution is 0.0495. The summed E-state index contributed by atoms with van der Waals surface area (Å²) >= 11 is 2.13. The van der Waals surface area contributed by atoms with E-state index in [2.05, 4.69) is 32.9 Å². The predicted octanol–water partition coefficient (Wildman–Crippen LogP) is 5.29. The van der Waals surface area contributed by atoms with Gasteiger partial charge < -0.3 is 10.1 Å². The van der Waals surface area contributed by atoms with E-state index in [4.69, 9.17) is 4.74 Å². The van der Waals surface area contributed by atoms with E-state index in [0.29, 0.717) is 5.52 Å². The number of alkyl carbamates (subject to hydrolysis) is 1. The number of aromatic nitrogens is 1. The number of hydrogen-bond donors (Lipinski definition) is 1. The molecule has 1 saturated carbocycles. The van der Waals surface area contributed by atoms with Crippen molar-refractivity contribution >= 4 is 39.6 Å². The Hall–Kier alpha value is -1.51. The maximum Gasteiger partial charge on any atom is 0.408 e. The van der Waals surface area contributed by atoms with Gasteiger partial charge in [-0.3, -0.25) is 0 Å². The zero-order valence-electron chi connectivity index (χ0n) is 14.2. The number of alkyl halides is 2. The number of carbonyl (C=O) groups excluding carboxylic acids is 1. The first-order valence-electron chi connectivity index (χ1n) is 8.00. The minimum Gasteiger partial charge on any atom is -0.444 e. The highest BCUT2D eigenvalue weighted by molar-refractivity contribution is 14.1. The summed E-state index contributed by atoms with van der Waals surface area (Å²) in [6.45, 7) is 5.42. The molecule has 1 aliphatic carbocycles. The molecule has 3 rings (SSSR count). The van der Waals surface area contributed by atoms with Crippen LogP contribution < -0.4 is 5.32 Å². The molecule has 1 fully saturated rings. The highest BCUT2D eigenvalue weighted by Gasteiger charge is 2.47. The third-order valence-electron chi connectivity index (χ3n) is 4.02. The van der Waals surface area contributed by atoms with Crippen LogP contribution in [-0.4, -0.2) is 16.7 Å². The Labute approximate surface area is 158 Å². The van der Waals surface area contributed by atoms with Gasteiger partial charge in [0.15, 0.2) is 0 Å². The van der Waals surface area contributed by atoms with Crippen molar-refractivity contribution in [2.45, 2.75) is 51.2 Å². The van der Waals surface area contributed by atoms with Gasteiger partial charge in [-0.2, -0.15) is 0 Å². The summed E-state index contributed by atoms with van der Waals surface area (Å²) in [7, 11) is 0. The predicted molar refractivity (Wildman–Crippen MR) is 99.7 cm³/mol. The second-order valence-corrected chi connectivity index (χ2v) is 8.51. The summed E-state index contributed by atoms with van der Waals surface area (Å²) in [6, 6.07) is 6.74. The zero-order chi connectivity index (χ0) is 18.4. The van der Waals surface area contributed by atoms with Crippen molar-refractivity contribution in [3.05, 3.63) is 39.1 Å². The lowest BCUT2D eigenvalue weighted by Crippen LogP contribution is -2.39. The van der Waals surface area contributed by atoms with Gasteiger partial charge >= 0.3 is 6.09 Å². The van der Waals surface area contributed by atoms with Gasteiger partial charge in [-0.1, -0.05) is 6.07 Å². The molecule has 1 aliphatic rings. The number of benzene rings is 1. The maximum atomic E-state index is 12.9. The van der Waals surface area contributed by atoms with Crippen molar-refractivity contribution in [3.8, 4) is 0 Å². The number of nitrogens with one attached hydrogen (secondary N) is 1. The van der Waals surface area contributed by atoms with Crippen LogP contribution in [0.25, 0.3) is 10.9 Å². The third-order valence-corrected chi connectivity index (χ3v) is 4.65. The van der Waals surface area contributed by atoms with Gasteiger partial charge in [0.2, 0.25) is 0 Å². The van der Waals surface area contributed by atoms with Crippen LogP contribution in [0.4, 0.5) is 13.6 Å². The number of ether oxygens (including phenoxy) is 1. The van der Waals surface area contributed by atoms with E-state index in [1.165, 1.54) is 6.07 Å². The van der Waals surface area contributed by atoms with E-state index in [1.807, 2.05) is 26.8 Å². The summed E-state index contributed by atoms with van der Waals surface area (Å²) < 4.78 is 32.1. The van der Waals surface area contributed by atoms with Crippen LogP contribution in [0.3, 0.4) is 0 Å². The van der Waals surface area contributed by atoms with Gasteiger partial charge in [0.05, 0.1) is 11.1 Å². The van der Waals surface area contributed by atoms with Crippen molar-refractivity contribution in [1.29, 1.82) is 0 Å². The number of halogens is 3. The second-order valence-electron chi connectivity index (χ2n) is 7.27. The molecule has 0 bridgehead atoms. The number of hydrogen-bond acceptors (Lipinski definition) is 3. The van der Waals surface area contributed by atoms with E-state index in [1.54, 1.807) is 12.1 Å². The Morgan fingerprint density at radius 3 is 2.56 bits per heavy atom. The molecule has 1 aromatic carbocycles. The molecule has 7 heteroatoms. The SMILES string of the molecule is CC(C)(C)OC(=O)NC1(c2cc(I)cc3nc(C(F)F)ccc23)CC1. The minimum absolute atomic E-state index is 0.245. The summed E-state index contributed by atoms with van der Waals surface area (Å²) in [5.41, 5.74) is 0.0626. The minimum atomic E-state index is -2.61. The highest BCUT2D eigenvalue weighted by atomic mass is 127. The number of amides is 1. The van der Waals surface area contributed by atoms with E-state index in [9.17, 15) is 13.6 Å². The molecule has 0 atom stereocenters. The standard InChI is InChI=1S/C18H19F2IN2O2/c1-17(2,3)25-16(24)23-18(6-7-18)12-8-10(21)9-14-11(12)4-5-13(22-14)15(19)20/h4-5,8-9,15H,6-7H2,1-3H3,(H,23,24). The first kappa shape index (κ1) is 18.3. The molecule has 0 unspecified atom stereocenters. The van der Waals surface area contributed by atoms with Crippen LogP contribution >= 0.6 is 22.6 Å². The zero-order valence-corrected chi connectivity index (χ0v) is 16.4. The Balaban J connectivity index is 1.99. The molecule has 1 N–H and O–H groups in total. The lowest BCUT2D eigenvalue weighted by atomic mass is 9.99. The third kappa shape index (κ3) is 4.02. The van der Waals surface area contributed by atoms with Crippen molar-refractivity contribution in [2.75, 3.05) is 0 Å². The van der Waals surface area contributed by atoms with Crippen LogP contribution in [0, 0.1) is 3.57 Å². The van der Waals surface area contributed by atoms with E-state index < -0.39 is 23.7 Å². The fourth-order valence-electron chi connectivity index (χ4n) is 2.82. The fourth-order valence-corrected chi connectivity index (χ4v) is 3.43. The molecule has 25 heavy (non-hydrogen) atoms. The highest BCUT2D eigenvalue weighted by Crippen LogP contribution is 2.48. The second kappa shape index (κ2) is 6.34. The Kier molecular flexibility index (Phi) is 4.63. The van der Waals surface area contributed by atoms with E-state index in [0.717, 1.165) is 27.4 Å². The smallest absolute Gasteiger partial charge is 0.408 e. The molecule has 134 valence electrons. The van der Waals surface area contributed by atoms with Gasteiger partial charge in [0.1, 0.15) is 11.3 Å². The molecule has 2 aromatic rings. The van der Waals surface area contributed by atoms with Crippen LogP contribution in [-0.2, 0) is 10.3 Å². The first-order chi connectivity index (χ1) is 11.6. The molecule has 0 aliphatic heterocycles. The van der Waals surface area contributed by atoms with Gasteiger partial charge in [-0.25, -0.2) is 18.6 Å². The quantitative estimate of drug-likeness (QED) is 0.634. The Morgan fingerprint density at radius 2 is 2.00 bits per heavy atom. The largest absolute Gasteiger partial charge is 0.444 e. The van der Waals surface area contributed by atoms with Crippen LogP contribution in [0.1, 0.15) is 51.3 Å².